The van der Waals surface area contributed by atoms with Gasteiger partial charge in [0.05, 0.1) is 18.4 Å². The van der Waals surface area contributed by atoms with E-state index in [9.17, 15) is 9.59 Å². The summed E-state index contributed by atoms with van der Waals surface area (Å²) < 4.78 is 0. The Kier molecular flexibility index (Phi) is 4.42. The first-order valence-electron chi connectivity index (χ1n) is 6.87. The number of rotatable bonds is 5. The van der Waals surface area contributed by atoms with Gasteiger partial charge in [-0.15, -0.1) is 0 Å². The number of hydrogen-bond donors (Lipinski definition) is 2. The van der Waals surface area contributed by atoms with Gasteiger partial charge in [0, 0.05) is 12.6 Å². The molecule has 0 spiro atoms. The van der Waals surface area contributed by atoms with Gasteiger partial charge in [0.2, 0.25) is 5.91 Å². The highest BCUT2D eigenvalue weighted by molar-refractivity contribution is 5.89. The van der Waals surface area contributed by atoms with Gasteiger partial charge in [-0.1, -0.05) is 0 Å². The molecule has 19 heavy (non-hydrogen) atoms. The zero-order valence-corrected chi connectivity index (χ0v) is 11.3. The number of carbonyl (C=O) groups is 2. The zero-order valence-electron chi connectivity index (χ0n) is 11.3. The molecule has 2 aliphatic rings. The molecule has 1 heterocycles. The lowest BCUT2D eigenvalue weighted by Crippen LogP contribution is -2.48. The first-order chi connectivity index (χ1) is 9.04. The molecule has 2 rings (SSSR count). The highest BCUT2D eigenvalue weighted by atomic mass is 16.4. The van der Waals surface area contributed by atoms with E-state index in [2.05, 4.69) is 11.9 Å². The third kappa shape index (κ3) is 3.25. The van der Waals surface area contributed by atoms with Gasteiger partial charge < -0.3 is 20.0 Å². The fourth-order valence-corrected chi connectivity index (χ4v) is 2.84. The van der Waals surface area contributed by atoms with E-state index in [1.807, 2.05) is 0 Å². The molecule has 1 saturated heterocycles. The number of hydrogen-bond acceptors (Lipinski definition) is 4. The lowest BCUT2D eigenvalue weighted by Gasteiger charge is -2.37. The van der Waals surface area contributed by atoms with Gasteiger partial charge in [0.25, 0.3) is 0 Å². The largest absolute Gasteiger partial charge is 0.481 e. The highest BCUT2D eigenvalue weighted by Gasteiger charge is 2.50. The Balaban J connectivity index is 1.96. The van der Waals surface area contributed by atoms with Crippen LogP contribution in [0.15, 0.2) is 0 Å². The molecule has 108 valence electrons. The Labute approximate surface area is 113 Å². The van der Waals surface area contributed by atoms with Crippen molar-refractivity contribution in [2.45, 2.75) is 25.3 Å². The van der Waals surface area contributed by atoms with Crippen molar-refractivity contribution in [1.82, 2.24) is 9.80 Å². The average molecular weight is 270 g/mol. The summed E-state index contributed by atoms with van der Waals surface area (Å²) in [6, 6.07) is 0.144. The molecule has 0 aromatic rings. The second kappa shape index (κ2) is 5.88. The molecule has 1 aliphatic heterocycles. The van der Waals surface area contributed by atoms with Gasteiger partial charge in [-0.2, -0.15) is 0 Å². The van der Waals surface area contributed by atoms with Crippen LogP contribution in [0.5, 0.6) is 0 Å². The molecule has 1 amide bonds. The number of piperidine rings is 1. The maximum atomic E-state index is 12.3. The maximum Gasteiger partial charge on any atom is 0.307 e. The van der Waals surface area contributed by atoms with Crippen molar-refractivity contribution in [1.29, 1.82) is 0 Å². The van der Waals surface area contributed by atoms with Crippen molar-refractivity contribution < 1.29 is 19.8 Å². The topological polar surface area (TPSA) is 81.1 Å². The van der Waals surface area contributed by atoms with Crippen LogP contribution < -0.4 is 0 Å². The van der Waals surface area contributed by atoms with E-state index in [4.69, 9.17) is 10.2 Å². The molecule has 6 nitrogen and oxygen atoms in total. The number of carboxylic acids is 1. The van der Waals surface area contributed by atoms with Crippen LogP contribution in [0.2, 0.25) is 0 Å². The molecule has 0 radical (unpaired) electrons. The van der Waals surface area contributed by atoms with Crippen molar-refractivity contribution >= 4 is 11.9 Å². The molecule has 2 atom stereocenters. The number of carboxylic acid groups (broad SMARTS) is 1. The average Bonchev–Trinajstić information content (AvgIpc) is 3.17. The molecule has 0 aromatic carbocycles. The monoisotopic (exact) mass is 270 g/mol. The van der Waals surface area contributed by atoms with Gasteiger partial charge in [0.15, 0.2) is 0 Å². The molecule has 0 aromatic heterocycles. The van der Waals surface area contributed by atoms with Crippen LogP contribution in [-0.2, 0) is 9.59 Å². The standard InChI is InChI=1S/C13H22N2O4/c1-14-4-2-9(3-5-14)15(6-7-16)12(17)10-8-11(10)13(18)19/h9-11,16H,2-8H2,1H3,(H,18,19)/t10-,11+/m1/s1. The fraction of sp³-hybridized carbons (Fsp3) is 0.846. The summed E-state index contributed by atoms with van der Waals surface area (Å²) in [5, 5.41) is 18.0. The van der Waals surface area contributed by atoms with Crippen LogP contribution >= 0.6 is 0 Å². The summed E-state index contributed by atoms with van der Waals surface area (Å²) in [7, 11) is 2.05. The molecular formula is C13H22N2O4. The summed E-state index contributed by atoms with van der Waals surface area (Å²) in [5.41, 5.74) is 0. The van der Waals surface area contributed by atoms with Crippen LogP contribution in [0, 0.1) is 11.8 Å². The maximum absolute atomic E-state index is 12.3. The summed E-state index contributed by atoms with van der Waals surface area (Å²) in [4.78, 5) is 27.1. The lowest BCUT2D eigenvalue weighted by molar-refractivity contribution is -0.143. The van der Waals surface area contributed by atoms with Gasteiger partial charge >= 0.3 is 5.97 Å². The van der Waals surface area contributed by atoms with Gasteiger partial charge in [-0.05, 0) is 39.4 Å². The fourth-order valence-electron chi connectivity index (χ4n) is 2.84. The Morgan fingerprint density at radius 2 is 1.89 bits per heavy atom. The van der Waals surface area contributed by atoms with Gasteiger partial charge in [0.1, 0.15) is 0 Å². The molecular weight excluding hydrogens is 248 g/mol. The quantitative estimate of drug-likeness (QED) is 0.712. The number of aliphatic hydroxyl groups excluding tert-OH is 1. The van der Waals surface area contributed by atoms with Crippen molar-refractivity contribution in [3.8, 4) is 0 Å². The minimum Gasteiger partial charge on any atom is -0.481 e. The van der Waals surface area contributed by atoms with E-state index in [1.54, 1.807) is 4.90 Å². The van der Waals surface area contributed by atoms with Gasteiger partial charge in [-0.3, -0.25) is 9.59 Å². The predicted octanol–water partition coefficient (Wildman–Crippen LogP) is -0.378. The third-order valence-corrected chi connectivity index (χ3v) is 4.18. The number of aliphatic hydroxyl groups is 1. The first kappa shape index (κ1) is 14.3. The van der Waals surface area contributed by atoms with Crippen LogP contribution in [0.3, 0.4) is 0 Å². The summed E-state index contributed by atoms with van der Waals surface area (Å²) in [5.74, 6) is -1.86. The van der Waals surface area contributed by atoms with E-state index < -0.39 is 11.9 Å². The minimum atomic E-state index is -0.884. The van der Waals surface area contributed by atoms with E-state index in [0.29, 0.717) is 13.0 Å². The Hall–Kier alpha value is -1.14. The number of aliphatic carboxylic acids is 1. The summed E-state index contributed by atoms with van der Waals surface area (Å²) >= 11 is 0. The van der Waals surface area contributed by atoms with Crippen molar-refractivity contribution in [3.05, 3.63) is 0 Å². The molecule has 2 N–H and O–H groups in total. The summed E-state index contributed by atoms with van der Waals surface area (Å²) in [6.45, 7) is 2.12. The normalized spacial score (nSPS) is 28.1. The van der Waals surface area contributed by atoms with E-state index in [0.717, 1.165) is 25.9 Å². The Morgan fingerprint density at radius 3 is 2.37 bits per heavy atom. The predicted molar refractivity (Wildman–Crippen MR) is 68.6 cm³/mol. The second-order valence-electron chi connectivity index (χ2n) is 5.58. The number of carbonyl (C=O) groups excluding carboxylic acids is 1. The van der Waals surface area contributed by atoms with E-state index in [-0.39, 0.29) is 24.5 Å². The first-order valence-corrected chi connectivity index (χ1v) is 6.87. The van der Waals surface area contributed by atoms with E-state index >= 15 is 0 Å². The van der Waals surface area contributed by atoms with Crippen LogP contribution in [-0.4, -0.2) is 71.2 Å². The SMILES string of the molecule is CN1CCC(N(CCO)C(=O)[C@@H]2C[C@@H]2C(=O)O)CC1. The van der Waals surface area contributed by atoms with Crippen molar-refractivity contribution in [2.24, 2.45) is 11.8 Å². The molecule has 0 unspecified atom stereocenters. The van der Waals surface area contributed by atoms with Crippen LogP contribution in [0.1, 0.15) is 19.3 Å². The molecule has 0 bridgehead atoms. The number of likely N-dealkylation sites (tertiary alicyclic amines) is 1. The van der Waals surface area contributed by atoms with Crippen molar-refractivity contribution in [3.63, 3.8) is 0 Å². The Bertz CT molecular complexity index is 353. The van der Waals surface area contributed by atoms with Crippen molar-refractivity contribution in [2.75, 3.05) is 33.3 Å². The third-order valence-electron chi connectivity index (χ3n) is 4.18. The summed E-state index contributed by atoms with van der Waals surface area (Å²) in [6.07, 6.45) is 2.24. The molecule has 2 fully saturated rings. The zero-order chi connectivity index (χ0) is 14.0. The minimum absolute atomic E-state index is 0.0669. The second-order valence-corrected chi connectivity index (χ2v) is 5.58. The van der Waals surface area contributed by atoms with Crippen LogP contribution in [0.4, 0.5) is 0 Å². The van der Waals surface area contributed by atoms with E-state index in [1.165, 1.54) is 0 Å². The number of nitrogens with zero attached hydrogens (tertiary/aromatic N) is 2. The lowest BCUT2D eigenvalue weighted by atomic mass is 10.0. The smallest absolute Gasteiger partial charge is 0.307 e. The molecule has 6 heteroatoms. The molecule has 1 saturated carbocycles. The highest BCUT2D eigenvalue weighted by Crippen LogP contribution is 2.40. The number of amides is 1. The van der Waals surface area contributed by atoms with Crippen LogP contribution in [0.25, 0.3) is 0 Å². The molecule has 1 aliphatic carbocycles. The Morgan fingerprint density at radius 1 is 1.26 bits per heavy atom. The van der Waals surface area contributed by atoms with Gasteiger partial charge in [-0.25, -0.2) is 0 Å².